The van der Waals surface area contributed by atoms with E-state index in [1.807, 2.05) is 13.8 Å². The molecule has 1 aliphatic rings. The summed E-state index contributed by atoms with van der Waals surface area (Å²) >= 11 is 0. The lowest BCUT2D eigenvalue weighted by molar-refractivity contribution is -0.138. The number of amides is 4. The zero-order chi connectivity index (χ0) is 29.9. The van der Waals surface area contributed by atoms with E-state index in [0.717, 1.165) is 11.8 Å². The molecule has 2 aromatic rings. The Labute approximate surface area is 233 Å². The van der Waals surface area contributed by atoms with Crippen LogP contribution in [0.5, 0.6) is 0 Å². The average molecular weight is 555 g/mol. The molecule has 216 valence electrons. The molecule has 40 heavy (non-hydrogen) atoms. The van der Waals surface area contributed by atoms with Gasteiger partial charge in [-0.3, -0.25) is 14.7 Å². The number of hydrogen-bond acceptors (Lipinski definition) is 7. The fourth-order valence-corrected chi connectivity index (χ4v) is 4.10. The first-order chi connectivity index (χ1) is 18.5. The van der Waals surface area contributed by atoms with Crippen molar-refractivity contribution in [1.29, 1.82) is 0 Å². The second kappa shape index (κ2) is 11.5. The predicted octanol–water partition coefficient (Wildman–Crippen LogP) is 2.69. The van der Waals surface area contributed by atoms with Crippen LogP contribution < -0.4 is 16.3 Å². The van der Waals surface area contributed by atoms with Crippen molar-refractivity contribution in [3.05, 3.63) is 52.6 Å². The highest BCUT2D eigenvalue weighted by atomic mass is 16.6. The Balaban J connectivity index is 1.57. The van der Waals surface area contributed by atoms with E-state index in [0.29, 0.717) is 5.69 Å². The van der Waals surface area contributed by atoms with Crippen LogP contribution in [0, 0.1) is 0 Å². The Morgan fingerprint density at radius 2 is 1.48 bits per heavy atom. The Morgan fingerprint density at radius 1 is 0.900 bits per heavy atom. The number of hydrogen-bond donors (Lipinski definition) is 2. The second-order valence-electron chi connectivity index (χ2n) is 11.8. The number of piperazine rings is 1. The molecular weight excluding hydrogens is 516 g/mol. The number of nitrogens with one attached hydrogen (secondary N) is 2. The van der Waals surface area contributed by atoms with Crippen LogP contribution in [0.1, 0.15) is 54.0 Å². The first-order valence-electron chi connectivity index (χ1n) is 13.1. The van der Waals surface area contributed by atoms with Gasteiger partial charge >= 0.3 is 17.8 Å². The Bertz CT molecular complexity index is 1320. The number of urea groups is 1. The maximum absolute atomic E-state index is 13.0. The van der Waals surface area contributed by atoms with Crippen molar-refractivity contribution in [2.75, 3.05) is 31.5 Å². The molecule has 12 heteroatoms. The van der Waals surface area contributed by atoms with Gasteiger partial charge in [0.25, 0.3) is 0 Å². The minimum absolute atomic E-state index is 0.103. The van der Waals surface area contributed by atoms with Gasteiger partial charge in [-0.25, -0.2) is 14.4 Å². The summed E-state index contributed by atoms with van der Waals surface area (Å²) in [5.74, 6) is -0.183. The van der Waals surface area contributed by atoms with Crippen LogP contribution in [-0.2, 0) is 19.7 Å². The van der Waals surface area contributed by atoms with E-state index >= 15 is 0 Å². The molecule has 1 aliphatic heterocycles. The van der Waals surface area contributed by atoms with Crippen LogP contribution in [0.4, 0.5) is 15.4 Å². The first-order valence-corrected chi connectivity index (χ1v) is 13.1. The number of carbonyl (C=O) groups is 4. The highest BCUT2D eigenvalue weighted by Gasteiger charge is 2.36. The van der Waals surface area contributed by atoms with E-state index < -0.39 is 34.4 Å². The minimum atomic E-state index is -1.19. The van der Waals surface area contributed by atoms with Crippen LogP contribution >= 0.6 is 0 Å². The molecule has 0 atom stereocenters. The topological polar surface area (TPSA) is 143 Å². The molecule has 1 saturated heterocycles. The Kier molecular flexibility index (Phi) is 8.71. The molecule has 4 amide bonds. The molecule has 0 spiro atoms. The monoisotopic (exact) mass is 554 g/mol. The molecule has 2 N–H and O–H groups in total. The van der Waals surface area contributed by atoms with Gasteiger partial charge in [-0.05, 0) is 72.2 Å². The maximum Gasteiger partial charge on any atom is 0.408 e. The van der Waals surface area contributed by atoms with E-state index in [1.54, 1.807) is 63.8 Å². The number of aldehydes is 1. The molecule has 0 bridgehead atoms. The molecule has 0 radical (unpaired) electrons. The zero-order valence-corrected chi connectivity index (χ0v) is 24.1. The number of anilines is 1. The lowest BCUT2D eigenvalue weighted by Crippen LogP contribution is -2.60. The van der Waals surface area contributed by atoms with Gasteiger partial charge in [0.1, 0.15) is 23.2 Å². The third-order valence-corrected chi connectivity index (χ3v) is 6.42. The van der Waals surface area contributed by atoms with Gasteiger partial charge in [-0.2, -0.15) is 4.98 Å². The SMILES string of the molecule is CC(C)(C)OC(=O)NC(C)(C)C(=O)N1CCN(C(=O)Nc2ccn(-c3ccc(C(C)(C)C=O)cc3)c(=O)n2)CC1. The molecule has 3 rings (SSSR count). The summed E-state index contributed by atoms with van der Waals surface area (Å²) in [7, 11) is 0. The largest absolute Gasteiger partial charge is 0.444 e. The fraction of sp³-hybridized carbons (Fsp3) is 0.500. The van der Waals surface area contributed by atoms with Crippen molar-refractivity contribution >= 4 is 30.1 Å². The third-order valence-electron chi connectivity index (χ3n) is 6.42. The molecule has 2 heterocycles. The third kappa shape index (κ3) is 7.45. The van der Waals surface area contributed by atoms with Gasteiger partial charge in [0.05, 0.1) is 5.69 Å². The Hall–Kier alpha value is -4.22. The molecule has 0 unspecified atom stereocenters. The second-order valence-corrected chi connectivity index (χ2v) is 11.8. The number of rotatable bonds is 6. The minimum Gasteiger partial charge on any atom is -0.444 e. The molecule has 1 aromatic carbocycles. The van der Waals surface area contributed by atoms with E-state index in [-0.39, 0.29) is 37.9 Å². The van der Waals surface area contributed by atoms with E-state index in [2.05, 4.69) is 15.6 Å². The van der Waals surface area contributed by atoms with Crippen molar-refractivity contribution in [2.24, 2.45) is 0 Å². The normalized spacial score (nSPS) is 14.4. The van der Waals surface area contributed by atoms with Gasteiger partial charge in [-0.15, -0.1) is 0 Å². The van der Waals surface area contributed by atoms with E-state index in [9.17, 15) is 24.0 Å². The number of benzene rings is 1. The molecule has 12 nitrogen and oxygen atoms in total. The van der Waals surface area contributed by atoms with Gasteiger partial charge in [0.15, 0.2) is 0 Å². The predicted molar refractivity (Wildman–Crippen MR) is 150 cm³/mol. The van der Waals surface area contributed by atoms with Crippen LogP contribution in [0.25, 0.3) is 5.69 Å². The van der Waals surface area contributed by atoms with Crippen molar-refractivity contribution < 1.29 is 23.9 Å². The molecule has 1 fully saturated rings. The number of carbonyl (C=O) groups excluding carboxylic acids is 4. The summed E-state index contributed by atoms with van der Waals surface area (Å²) in [6, 6.07) is 8.10. The smallest absolute Gasteiger partial charge is 0.408 e. The summed E-state index contributed by atoms with van der Waals surface area (Å²) < 4.78 is 6.59. The first kappa shape index (κ1) is 30.3. The molecule has 1 aromatic heterocycles. The number of aromatic nitrogens is 2. The van der Waals surface area contributed by atoms with Crippen LogP contribution in [-0.4, -0.2) is 81.0 Å². The fourth-order valence-electron chi connectivity index (χ4n) is 4.10. The number of alkyl carbamates (subject to hydrolysis) is 1. The summed E-state index contributed by atoms with van der Waals surface area (Å²) in [5.41, 5.74) is -1.70. The average Bonchev–Trinajstić information content (AvgIpc) is 2.87. The summed E-state index contributed by atoms with van der Waals surface area (Å²) in [6.45, 7) is 13.1. The Morgan fingerprint density at radius 3 is 2.00 bits per heavy atom. The number of nitrogens with zero attached hydrogens (tertiary/aromatic N) is 4. The van der Waals surface area contributed by atoms with Gasteiger partial charge < -0.3 is 24.6 Å². The molecular formula is C28H38N6O6. The maximum atomic E-state index is 13.0. The van der Waals surface area contributed by atoms with E-state index in [4.69, 9.17) is 4.74 Å². The van der Waals surface area contributed by atoms with Gasteiger partial charge in [0, 0.05) is 37.8 Å². The quantitative estimate of drug-likeness (QED) is 0.523. The summed E-state index contributed by atoms with van der Waals surface area (Å²) in [4.78, 5) is 69.0. The standard InChI is InChI=1S/C28H38N6O6/c1-26(2,3)40-25(39)31-28(6,7)22(36)32-14-16-33(17-15-32)23(37)29-21-12-13-34(24(38)30-21)20-10-8-19(9-11-20)27(4,5)18-35/h8-13,18H,14-17H2,1-7H3,(H,31,39)(H,29,30,37,38). The highest BCUT2D eigenvalue weighted by Crippen LogP contribution is 2.22. The van der Waals surface area contributed by atoms with Gasteiger partial charge in [0.2, 0.25) is 5.91 Å². The van der Waals surface area contributed by atoms with Crippen LogP contribution in [0.2, 0.25) is 0 Å². The number of ether oxygens (including phenoxy) is 1. The van der Waals surface area contributed by atoms with Crippen molar-refractivity contribution in [3.63, 3.8) is 0 Å². The lowest BCUT2D eigenvalue weighted by Gasteiger charge is -2.38. The lowest BCUT2D eigenvalue weighted by atomic mass is 9.86. The van der Waals surface area contributed by atoms with Gasteiger partial charge in [-0.1, -0.05) is 12.1 Å². The summed E-state index contributed by atoms with van der Waals surface area (Å²) in [6.07, 6.45) is 1.70. The van der Waals surface area contributed by atoms with Crippen LogP contribution in [0.3, 0.4) is 0 Å². The zero-order valence-electron chi connectivity index (χ0n) is 24.1. The molecule has 0 aliphatic carbocycles. The van der Waals surface area contributed by atoms with Crippen molar-refractivity contribution in [1.82, 2.24) is 24.7 Å². The van der Waals surface area contributed by atoms with Crippen LogP contribution in [0.15, 0.2) is 41.3 Å². The highest BCUT2D eigenvalue weighted by molar-refractivity contribution is 5.90. The van der Waals surface area contributed by atoms with Crippen molar-refractivity contribution in [2.45, 2.75) is 65.0 Å². The van der Waals surface area contributed by atoms with Crippen molar-refractivity contribution in [3.8, 4) is 5.69 Å². The molecule has 0 saturated carbocycles. The summed E-state index contributed by atoms with van der Waals surface area (Å²) in [5, 5.41) is 5.25. The van der Waals surface area contributed by atoms with E-state index in [1.165, 1.54) is 21.7 Å².